The fraction of sp³-hybridized carbons (Fsp3) is 0.444. The van der Waals surface area contributed by atoms with Crippen LogP contribution in [0.2, 0.25) is 0 Å². The zero-order valence-electron chi connectivity index (χ0n) is 8.23. The number of carbonyl (C=O) groups is 2. The summed E-state index contributed by atoms with van der Waals surface area (Å²) >= 11 is 0. The molecule has 0 spiro atoms. The molecule has 1 heterocycles. The number of hydrogen-bond acceptors (Lipinski definition) is 3. The van der Waals surface area contributed by atoms with Gasteiger partial charge in [-0.25, -0.2) is 4.79 Å². The van der Waals surface area contributed by atoms with Gasteiger partial charge in [0.1, 0.15) is 11.4 Å². The van der Waals surface area contributed by atoms with Crippen LogP contribution in [0.15, 0.2) is 6.20 Å². The average Bonchev–Trinajstić information content (AvgIpc) is 2.94. The van der Waals surface area contributed by atoms with E-state index in [2.05, 4.69) is 10.4 Å². The van der Waals surface area contributed by atoms with Gasteiger partial charge in [-0.1, -0.05) is 0 Å². The molecule has 15 heavy (non-hydrogen) atoms. The SMILES string of the molecule is Cn1ncc(C(=O)O)c1NC(=O)C1CC1. The van der Waals surface area contributed by atoms with Crippen LogP contribution in [0.25, 0.3) is 0 Å². The van der Waals surface area contributed by atoms with Crippen molar-refractivity contribution >= 4 is 17.7 Å². The van der Waals surface area contributed by atoms with Crippen molar-refractivity contribution in [2.45, 2.75) is 12.8 Å². The van der Waals surface area contributed by atoms with Gasteiger partial charge in [-0.2, -0.15) is 5.10 Å². The van der Waals surface area contributed by atoms with Crippen molar-refractivity contribution in [1.29, 1.82) is 0 Å². The van der Waals surface area contributed by atoms with Gasteiger partial charge in [-0.05, 0) is 12.8 Å². The highest BCUT2D eigenvalue weighted by Crippen LogP contribution is 2.30. The molecule has 80 valence electrons. The maximum atomic E-state index is 11.5. The Balaban J connectivity index is 2.21. The Morgan fingerprint density at radius 1 is 1.60 bits per heavy atom. The summed E-state index contributed by atoms with van der Waals surface area (Å²) in [6, 6.07) is 0. The van der Waals surface area contributed by atoms with Crippen LogP contribution in [0.5, 0.6) is 0 Å². The predicted octanol–water partition coefficient (Wildman–Crippen LogP) is 0.467. The van der Waals surface area contributed by atoms with E-state index < -0.39 is 5.97 Å². The van der Waals surface area contributed by atoms with Gasteiger partial charge in [0.2, 0.25) is 5.91 Å². The number of amides is 1. The molecule has 6 heteroatoms. The topological polar surface area (TPSA) is 84.2 Å². The van der Waals surface area contributed by atoms with Crippen LogP contribution in [-0.2, 0) is 11.8 Å². The molecule has 0 aromatic carbocycles. The van der Waals surface area contributed by atoms with E-state index in [1.54, 1.807) is 7.05 Å². The first kappa shape index (κ1) is 9.70. The van der Waals surface area contributed by atoms with Crippen LogP contribution in [0.4, 0.5) is 5.82 Å². The molecule has 1 saturated carbocycles. The van der Waals surface area contributed by atoms with Crippen molar-refractivity contribution in [3.63, 3.8) is 0 Å². The van der Waals surface area contributed by atoms with Gasteiger partial charge in [0, 0.05) is 13.0 Å². The molecule has 1 amide bonds. The first-order chi connectivity index (χ1) is 7.09. The Morgan fingerprint density at radius 2 is 2.27 bits per heavy atom. The van der Waals surface area contributed by atoms with E-state index in [0.717, 1.165) is 12.8 Å². The van der Waals surface area contributed by atoms with E-state index in [-0.39, 0.29) is 23.2 Å². The van der Waals surface area contributed by atoms with Gasteiger partial charge in [0.15, 0.2) is 0 Å². The number of rotatable bonds is 3. The van der Waals surface area contributed by atoms with E-state index in [9.17, 15) is 9.59 Å². The molecule has 0 bridgehead atoms. The molecule has 2 N–H and O–H groups in total. The van der Waals surface area contributed by atoms with Crippen molar-refractivity contribution in [1.82, 2.24) is 9.78 Å². The van der Waals surface area contributed by atoms with Crippen LogP contribution in [0, 0.1) is 5.92 Å². The lowest BCUT2D eigenvalue weighted by Crippen LogP contribution is -2.17. The number of aromatic nitrogens is 2. The summed E-state index contributed by atoms with van der Waals surface area (Å²) in [5, 5.41) is 15.2. The minimum atomic E-state index is -1.09. The first-order valence-electron chi connectivity index (χ1n) is 4.65. The number of nitrogens with one attached hydrogen (secondary N) is 1. The lowest BCUT2D eigenvalue weighted by atomic mass is 10.3. The number of carbonyl (C=O) groups excluding carboxylic acids is 1. The van der Waals surface area contributed by atoms with Crippen molar-refractivity contribution < 1.29 is 14.7 Å². The van der Waals surface area contributed by atoms with Gasteiger partial charge >= 0.3 is 5.97 Å². The number of aromatic carboxylic acids is 1. The zero-order chi connectivity index (χ0) is 11.0. The van der Waals surface area contributed by atoms with E-state index >= 15 is 0 Å². The Morgan fingerprint density at radius 3 is 2.80 bits per heavy atom. The van der Waals surface area contributed by atoms with Crippen molar-refractivity contribution in [2.75, 3.05) is 5.32 Å². The van der Waals surface area contributed by atoms with Gasteiger partial charge < -0.3 is 10.4 Å². The van der Waals surface area contributed by atoms with Crippen molar-refractivity contribution in [2.24, 2.45) is 13.0 Å². The number of aryl methyl sites for hydroxylation is 1. The third-order valence-electron chi connectivity index (χ3n) is 2.36. The van der Waals surface area contributed by atoms with E-state index in [1.165, 1.54) is 10.9 Å². The lowest BCUT2D eigenvalue weighted by Gasteiger charge is -2.05. The van der Waals surface area contributed by atoms with Crippen LogP contribution in [0.1, 0.15) is 23.2 Å². The van der Waals surface area contributed by atoms with E-state index in [0.29, 0.717) is 0 Å². The van der Waals surface area contributed by atoms with Crippen LogP contribution in [-0.4, -0.2) is 26.8 Å². The molecule has 0 unspecified atom stereocenters. The Labute approximate surface area is 85.9 Å². The number of nitrogens with zero attached hydrogens (tertiary/aromatic N) is 2. The third kappa shape index (κ3) is 1.83. The highest BCUT2D eigenvalue weighted by atomic mass is 16.4. The lowest BCUT2D eigenvalue weighted by molar-refractivity contribution is -0.117. The minimum absolute atomic E-state index is 0.0199. The number of hydrogen-bond donors (Lipinski definition) is 2. The van der Waals surface area contributed by atoms with Crippen LogP contribution >= 0.6 is 0 Å². The normalized spacial score (nSPS) is 15.0. The monoisotopic (exact) mass is 209 g/mol. The maximum absolute atomic E-state index is 11.5. The van der Waals surface area contributed by atoms with Gasteiger partial charge in [0.25, 0.3) is 0 Å². The van der Waals surface area contributed by atoms with E-state index in [1.807, 2.05) is 0 Å². The van der Waals surface area contributed by atoms with Crippen LogP contribution < -0.4 is 5.32 Å². The van der Waals surface area contributed by atoms with Crippen molar-refractivity contribution in [3.8, 4) is 0 Å². The molecule has 6 nitrogen and oxygen atoms in total. The maximum Gasteiger partial charge on any atom is 0.341 e. The molecule has 1 aliphatic carbocycles. The summed E-state index contributed by atoms with van der Waals surface area (Å²) < 4.78 is 1.35. The highest BCUT2D eigenvalue weighted by Gasteiger charge is 2.31. The molecule has 2 rings (SSSR count). The van der Waals surface area contributed by atoms with Gasteiger partial charge in [-0.3, -0.25) is 9.48 Å². The zero-order valence-corrected chi connectivity index (χ0v) is 8.23. The molecule has 0 radical (unpaired) electrons. The standard InChI is InChI=1S/C9H11N3O3/c1-12-7(6(4-10-12)9(14)15)11-8(13)5-2-3-5/h4-5H,2-3H2,1H3,(H,11,13)(H,14,15). The molecular weight excluding hydrogens is 198 g/mol. The highest BCUT2D eigenvalue weighted by molar-refractivity contribution is 6.00. The second-order valence-corrected chi connectivity index (χ2v) is 3.60. The average molecular weight is 209 g/mol. The summed E-state index contributed by atoms with van der Waals surface area (Å²) in [6.07, 6.45) is 2.99. The van der Waals surface area contributed by atoms with Crippen LogP contribution in [0.3, 0.4) is 0 Å². The Kier molecular flexibility index (Phi) is 2.18. The minimum Gasteiger partial charge on any atom is -0.477 e. The summed E-state index contributed by atoms with van der Waals surface area (Å²) in [4.78, 5) is 22.3. The molecule has 1 aliphatic rings. The molecule has 0 aliphatic heterocycles. The quantitative estimate of drug-likeness (QED) is 0.757. The van der Waals surface area contributed by atoms with Gasteiger partial charge in [0.05, 0.1) is 6.20 Å². The number of carboxylic acid groups (broad SMARTS) is 1. The third-order valence-corrected chi connectivity index (χ3v) is 2.36. The summed E-state index contributed by atoms with van der Waals surface area (Å²) in [7, 11) is 1.59. The molecule has 0 saturated heterocycles. The largest absolute Gasteiger partial charge is 0.477 e. The summed E-state index contributed by atoms with van der Waals surface area (Å²) in [5.41, 5.74) is 0.0199. The molecular formula is C9H11N3O3. The molecule has 1 fully saturated rings. The molecule has 1 aromatic heterocycles. The number of anilines is 1. The second-order valence-electron chi connectivity index (χ2n) is 3.60. The van der Waals surface area contributed by atoms with Gasteiger partial charge in [-0.15, -0.1) is 0 Å². The Bertz CT molecular complexity index is 420. The fourth-order valence-electron chi connectivity index (χ4n) is 1.31. The van der Waals surface area contributed by atoms with Crippen molar-refractivity contribution in [3.05, 3.63) is 11.8 Å². The smallest absolute Gasteiger partial charge is 0.341 e. The Hall–Kier alpha value is -1.85. The fourth-order valence-corrected chi connectivity index (χ4v) is 1.31. The summed E-state index contributed by atoms with van der Waals surface area (Å²) in [6.45, 7) is 0. The number of carboxylic acids is 1. The second kappa shape index (κ2) is 3.38. The predicted molar refractivity (Wildman–Crippen MR) is 51.5 cm³/mol. The first-order valence-corrected chi connectivity index (χ1v) is 4.65. The molecule has 0 atom stereocenters. The van der Waals surface area contributed by atoms with E-state index in [4.69, 9.17) is 5.11 Å². The summed E-state index contributed by atoms with van der Waals surface area (Å²) in [5.74, 6) is -0.920. The molecule has 1 aromatic rings.